The molecule has 0 aliphatic rings. The van der Waals surface area contributed by atoms with Crippen molar-refractivity contribution in [3.63, 3.8) is 0 Å². The van der Waals surface area contributed by atoms with Gasteiger partial charge in [0.15, 0.2) is 0 Å². The number of carbonyl (C=O) groups excluding carboxylic acids is 4. The van der Waals surface area contributed by atoms with Crippen LogP contribution in [0.3, 0.4) is 0 Å². The van der Waals surface area contributed by atoms with Gasteiger partial charge in [0, 0.05) is 23.5 Å². The van der Waals surface area contributed by atoms with Crippen LogP contribution in [0.4, 0.5) is 0 Å². The van der Waals surface area contributed by atoms with Gasteiger partial charge in [0.25, 0.3) is 5.91 Å². The Hall–Kier alpha value is -6.01. The Morgan fingerprint density at radius 1 is 0.812 bits per heavy atom. The molecule has 0 saturated carbocycles. The van der Waals surface area contributed by atoms with E-state index >= 15 is 0 Å². The topological polar surface area (TPSA) is 201 Å². The Labute approximate surface area is 276 Å². The molecule has 5 aromatic rings. The number of amides is 4. The van der Waals surface area contributed by atoms with E-state index in [4.69, 9.17) is 11.5 Å². The summed E-state index contributed by atoms with van der Waals surface area (Å²) in [5.41, 5.74) is 17.3. The number of hydrogen-bond donors (Lipinski definition) is 6. The number of benzene rings is 4. The minimum Gasteiger partial charge on any atom is -0.481 e. The summed E-state index contributed by atoms with van der Waals surface area (Å²) in [5.74, 6) is -4.85. The third kappa shape index (κ3) is 8.22. The predicted molar refractivity (Wildman–Crippen MR) is 180 cm³/mol. The Bertz CT molecular complexity index is 1960. The molecule has 0 unspecified atom stereocenters. The van der Waals surface area contributed by atoms with Crippen molar-refractivity contribution in [1.82, 2.24) is 20.7 Å². The minimum atomic E-state index is -1.69. The molecule has 0 spiro atoms. The van der Waals surface area contributed by atoms with Gasteiger partial charge in [-0.05, 0) is 39.9 Å². The normalized spacial score (nSPS) is 12.9. The van der Waals surface area contributed by atoms with Crippen LogP contribution in [0.15, 0.2) is 103 Å². The van der Waals surface area contributed by atoms with E-state index < -0.39 is 54.1 Å². The molecule has 12 nitrogen and oxygen atoms in total. The van der Waals surface area contributed by atoms with Crippen molar-refractivity contribution in [2.75, 3.05) is 0 Å². The van der Waals surface area contributed by atoms with E-state index in [0.717, 1.165) is 32.2 Å². The molecule has 0 aliphatic carbocycles. The average molecular weight is 649 g/mol. The van der Waals surface area contributed by atoms with Crippen molar-refractivity contribution in [3.8, 4) is 0 Å². The van der Waals surface area contributed by atoms with E-state index in [1.165, 1.54) is 0 Å². The van der Waals surface area contributed by atoms with E-state index in [2.05, 4.69) is 15.7 Å². The van der Waals surface area contributed by atoms with Crippen LogP contribution in [0, 0.1) is 0 Å². The van der Waals surface area contributed by atoms with Gasteiger partial charge in [-0.15, -0.1) is 0 Å². The second-order valence-electron chi connectivity index (χ2n) is 11.5. The molecule has 0 fully saturated rings. The highest BCUT2D eigenvalue weighted by Crippen LogP contribution is 2.19. The van der Waals surface area contributed by atoms with Gasteiger partial charge in [-0.25, -0.2) is 5.01 Å². The molecule has 5 rings (SSSR count). The van der Waals surface area contributed by atoms with E-state index in [9.17, 15) is 29.1 Å². The Balaban J connectivity index is 1.39. The van der Waals surface area contributed by atoms with Gasteiger partial charge >= 0.3 is 5.97 Å². The van der Waals surface area contributed by atoms with E-state index in [1.807, 2.05) is 66.7 Å². The van der Waals surface area contributed by atoms with Crippen molar-refractivity contribution in [1.29, 1.82) is 0 Å². The summed E-state index contributed by atoms with van der Waals surface area (Å²) in [6.45, 7) is 0. The molecule has 1 heterocycles. The molecular formula is C36H36N6O6. The monoisotopic (exact) mass is 648 g/mol. The fourth-order valence-electron chi connectivity index (χ4n) is 5.60. The fraction of sp³-hybridized carbons (Fsp3) is 0.194. The largest absolute Gasteiger partial charge is 0.481 e. The highest BCUT2D eigenvalue weighted by atomic mass is 16.4. The van der Waals surface area contributed by atoms with Crippen LogP contribution in [0.2, 0.25) is 0 Å². The van der Waals surface area contributed by atoms with Crippen LogP contribution in [0.25, 0.3) is 21.7 Å². The van der Waals surface area contributed by atoms with E-state index in [0.29, 0.717) is 11.1 Å². The molecule has 0 bridgehead atoms. The number of H-pyrrole nitrogens is 1. The van der Waals surface area contributed by atoms with Crippen molar-refractivity contribution in [3.05, 3.63) is 120 Å². The van der Waals surface area contributed by atoms with Crippen molar-refractivity contribution < 1.29 is 29.1 Å². The van der Waals surface area contributed by atoms with E-state index in [-0.39, 0.29) is 19.3 Å². The first-order chi connectivity index (χ1) is 23.1. The molecule has 4 aromatic carbocycles. The summed E-state index contributed by atoms with van der Waals surface area (Å²) in [4.78, 5) is 68.7. The third-order valence-corrected chi connectivity index (χ3v) is 8.02. The molecular weight excluding hydrogens is 612 g/mol. The SMILES string of the molecule is NC(=O)[C@H](Cc1ccccc1)N(NC(=O)Cc1c[nH]c2ccccc12)C(=O)[C@H](CC(=O)O)NC(=O)[C@@H](N)Cc1ccc2ccccc2c1. The zero-order valence-electron chi connectivity index (χ0n) is 26.0. The Morgan fingerprint density at radius 3 is 2.23 bits per heavy atom. The molecule has 0 saturated heterocycles. The number of para-hydroxylation sites is 1. The molecule has 3 atom stereocenters. The number of primary amides is 1. The number of aliphatic carboxylic acids is 1. The lowest BCUT2D eigenvalue weighted by atomic mass is 10.0. The number of nitrogens with zero attached hydrogens (tertiary/aromatic N) is 1. The molecule has 8 N–H and O–H groups in total. The summed E-state index contributed by atoms with van der Waals surface area (Å²) in [6.07, 6.45) is 0.643. The van der Waals surface area contributed by atoms with E-state index in [1.54, 1.807) is 36.5 Å². The van der Waals surface area contributed by atoms with Gasteiger partial charge in [-0.1, -0.05) is 91.0 Å². The maximum absolute atomic E-state index is 14.1. The minimum absolute atomic E-state index is 0.0928. The van der Waals surface area contributed by atoms with Crippen LogP contribution in [0.1, 0.15) is 23.1 Å². The fourth-order valence-corrected chi connectivity index (χ4v) is 5.60. The predicted octanol–water partition coefficient (Wildman–Crippen LogP) is 2.35. The first-order valence-corrected chi connectivity index (χ1v) is 15.3. The lowest BCUT2D eigenvalue weighted by Crippen LogP contribution is -2.63. The number of fused-ring (bicyclic) bond motifs is 2. The van der Waals surface area contributed by atoms with Gasteiger partial charge in [0.1, 0.15) is 12.1 Å². The lowest BCUT2D eigenvalue weighted by Gasteiger charge is -2.33. The van der Waals surface area contributed by atoms with Gasteiger partial charge in [0.05, 0.1) is 18.9 Å². The average Bonchev–Trinajstić information content (AvgIpc) is 3.48. The Morgan fingerprint density at radius 2 is 1.50 bits per heavy atom. The Kier molecular flexibility index (Phi) is 10.5. The van der Waals surface area contributed by atoms with Crippen molar-refractivity contribution in [2.45, 2.75) is 43.8 Å². The first-order valence-electron chi connectivity index (χ1n) is 15.3. The van der Waals surface area contributed by atoms with Crippen LogP contribution in [-0.2, 0) is 43.2 Å². The van der Waals surface area contributed by atoms with Crippen LogP contribution in [-0.4, -0.2) is 62.8 Å². The summed E-state index contributed by atoms with van der Waals surface area (Å²) >= 11 is 0. The number of carboxylic acid groups (broad SMARTS) is 1. The highest BCUT2D eigenvalue weighted by molar-refractivity contribution is 5.97. The number of carboxylic acids is 1. The number of nitrogens with one attached hydrogen (secondary N) is 3. The lowest BCUT2D eigenvalue weighted by molar-refractivity contribution is -0.152. The molecule has 246 valence electrons. The van der Waals surface area contributed by atoms with Gasteiger partial charge in [0.2, 0.25) is 17.7 Å². The number of hydrogen-bond acceptors (Lipinski definition) is 6. The quantitative estimate of drug-likeness (QED) is 0.105. The second-order valence-corrected chi connectivity index (χ2v) is 11.5. The zero-order valence-corrected chi connectivity index (χ0v) is 26.0. The number of rotatable bonds is 13. The van der Waals surface area contributed by atoms with Gasteiger partial charge in [-0.2, -0.15) is 0 Å². The van der Waals surface area contributed by atoms with Crippen molar-refractivity contribution in [2.24, 2.45) is 11.5 Å². The third-order valence-electron chi connectivity index (χ3n) is 8.02. The molecule has 1 aromatic heterocycles. The molecule has 0 aliphatic heterocycles. The van der Waals surface area contributed by atoms with Crippen LogP contribution in [0.5, 0.6) is 0 Å². The van der Waals surface area contributed by atoms with Crippen molar-refractivity contribution >= 4 is 51.3 Å². The molecule has 4 amide bonds. The summed E-state index contributed by atoms with van der Waals surface area (Å²) in [7, 11) is 0. The maximum atomic E-state index is 14.1. The molecule has 48 heavy (non-hydrogen) atoms. The highest BCUT2D eigenvalue weighted by Gasteiger charge is 2.37. The van der Waals surface area contributed by atoms with Crippen LogP contribution < -0.4 is 22.2 Å². The summed E-state index contributed by atoms with van der Waals surface area (Å²) in [5, 5.41) is 15.6. The summed E-state index contributed by atoms with van der Waals surface area (Å²) < 4.78 is 0. The number of aromatic amines is 1. The standard InChI is InChI=1S/C36H36N6O6/c37-28(17-23-14-15-24-10-4-5-11-25(24)16-23)35(47)40-30(20-33(44)45)36(48)42(31(34(38)46)18-22-8-2-1-3-9-22)41-32(43)19-26-21-39-29-13-7-6-12-27(26)29/h1-16,21,28,30-31,39H,17-20,37H2,(H2,38,46)(H,40,47)(H,41,43)(H,44,45)/t28-,30-,31-/m0/s1. The zero-order chi connectivity index (χ0) is 34.2. The maximum Gasteiger partial charge on any atom is 0.305 e. The van der Waals surface area contributed by atoms with Gasteiger partial charge < -0.3 is 26.9 Å². The molecule has 12 heteroatoms. The van der Waals surface area contributed by atoms with Gasteiger partial charge in [-0.3, -0.25) is 29.4 Å². The molecule has 0 radical (unpaired) electrons. The number of carbonyl (C=O) groups is 5. The summed E-state index contributed by atoms with van der Waals surface area (Å²) in [6, 6.07) is 25.1. The first kappa shape index (κ1) is 33.4. The smallest absolute Gasteiger partial charge is 0.305 e. The number of aromatic nitrogens is 1. The second kappa shape index (κ2) is 15.1. The number of hydrazine groups is 1. The number of nitrogens with two attached hydrogens (primary N) is 2. The van der Waals surface area contributed by atoms with Crippen LogP contribution >= 0.6 is 0 Å².